The van der Waals surface area contributed by atoms with Gasteiger partial charge in [0.2, 0.25) is 5.79 Å². The van der Waals surface area contributed by atoms with Crippen LogP contribution in [0.1, 0.15) is 60.3 Å². The molecule has 11 atom stereocenters. The monoisotopic (exact) mass is 520 g/mol. The highest BCUT2D eigenvalue weighted by molar-refractivity contribution is 5.66. The third-order valence-electron chi connectivity index (χ3n) is 10.5. The normalized spacial score (nSPS) is 52.3. The van der Waals surface area contributed by atoms with Crippen LogP contribution in [-0.4, -0.2) is 77.3 Å². The van der Waals surface area contributed by atoms with Gasteiger partial charge < -0.3 is 39.0 Å². The molecular formula is C28H40O9. The molecule has 0 bridgehead atoms. The fraction of sp³-hybridized carbons (Fsp3) is 0.821. The number of methoxy groups -OCH3 is 1. The highest BCUT2D eigenvalue weighted by atomic mass is 16.8. The van der Waals surface area contributed by atoms with E-state index in [1.54, 1.807) is 6.08 Å². The number of hydrogen-bond donors (Lipinski definition) is 3. The quantitative estimate of drug-likeness (QED) is 0.379. The van der Waals surface area contributed by atoms with E-state index in [4.69, 9.17) is 23.7 Å². The van der Waals surface area contributed by atoms with E-state index in [9.17, 15) is 20.1 Å². The summed E-state index contributed by atoms with van der Waals surface area (Å²) in [5.41, 5.74) is 0.566. The zero-order valence-electron chi connectivity index (χ0n) is 22.5. The van der Waals surface area contributed by atoms with Crippen LogP contribution in [0.4, 0.5) is 0 Å². The summed E-state index contributed by atoms with van der Waals surface area (Å²) in [5.74, 6) is -3.67. The van der Waals surface area contributed by atoms with Crippen LogP contribution >= 0.6 is 0 Å². The molecule has 9 heteroatoms. The van der Waals surface area contributed by atoms with E-state index in [0.717, 1.165) is 25.7 Å². The van der Waals surface area contributed by atoms with Crippen molar-refractivity contribution in [2.45, 2.75) is 103 Å². The molecule has 6 rings (SSSR count). The van der Waals surface area contributed by atoms with Crippen LogP contribution in [-0.2, 0) is 28.5 Å². The lowest BCUT2D eigenvalue weighted by molar-refractivity contribution is -0.440. The van der Waals surface area contributed by atoms with Crippen molar-refractivity contribution in [3.05, 3.63) is 22.8 Å². The molecule has 6 aliphatic rings. The first-order valence-electron chi connectivity index (χ1n) is 13.5. The maximum absolute atomic E-state index is 12.3. The number of carbonyl (C=O) groups excluding carboxylic acids is 1. The molecule has 3 heterocycles. The number of fused-ring (bicyclic) bond motifs is 4. The van der Waals surface area contributed by atoms with Gasteiger partial charge in [0.15, 0.2) is 24.3 Å². The first kappa shape index (κ1) is 25.9. The van der Waals surface area contributed by atoms with E-state index in [1.807, 2.05) is 0 Å². The zero-order valence-corrected chi connectivity index (χ0v) is 22.5. The van der Waals surface area contributed by atoms with E-state index in [2.05, 4.69) is 27.7 Å². The molecule has 3 aliphatic carbocycles. The van der Waals surface area contributed by atoms with Crippen LogP contribution in [0.3, 0.4) is 0 Å². The highest BCUT2D eigenvalue weighted by Gasteiger charge is 2.80. The van der Waals surface area contributed by atoms with Gasteiger partial charge in [0, 0.05) is 25.4 Å². The van der Waals surface area contributed by atoms with Crippen molar-refractivity contribution in [3.63, 3.8) is 0 Å². The van der Waals surface area contributed by atoms with E-state index in [1.165, 1.54) is 25.2 Å². The molecule has 11 unspecified atom stereocenters. The van der Waals surface area contributed by atoms with Crippen LogP contribution in [0.5, 0.6) is 0 Å². The zero-order chi connectivity index (χ0) is 26.7. The molecule has 3 saturated heterocycles. The highest BCUT2D eigenvalue weighted by Crippen LogP contribution is 2.68. The van der Waals surface area contributed by atoms with E-state index in [-0.39, 0.29) is 17.9 Å². The average molecular weight is 521 g/mol. The second kappa shape index (κ2) is 8.10. The Kier molecular flexibility index (Phi) is 5.67. The molecule has 0 spiro atoms. The Bertz CT molecular complexity index is 1070. The Balaban J connectivity index is 1.55. The smallest absolute Gasteiger partial charge is 0.303 e. The minimum absolute atomic E-state index is 0.00410. The van der Waals surface area contributed by atoms with Gasteiger partial charge in [-0.15, -0.1) is 0 Å². The predicted octanol–water partition coefficient (Wildman–Crippen LogP) is 2.18. The van der Waals surface area contributed by atoms with E-state index in [0.29, 0.717) is 11.5 Å². The van der Waals surface area contributed by atoms with Crippen LogP contribution < -0.4 is 0 Å². The molecule has 0 aromatic carbocycles. The molecule has 9 nitrogen and oxygen atoms in total. The number of esters is 1. The third-order valence-corrected chi connectivity index (χ3v) is 10.5. The molecule has 206 valence electrons. The second-order valence-corrected chi connectivity index (χ2v) is 12.8. The van der Waals surface area contributed by atoms with Crippen molar-refractivity contribution < 1.29 is 43.8 Å². The van der Waals surface area contributed by atoms with Gasteiger partial charge in [-0.05, 0) is 42.6 Å². The fourth-order valence-electron chi connectivity index (χ4n) is 8.70. The summed E-state index contributed by atoms with van der Waals surface area (Å²) in [4.78, 5) is 11.9. The van der Waals surface area contributed by atoms with Crippen LogP contribution in [0.25, 0.3) is 0 Å². The van der Waals surface area contributed by atoms with Crippen molar-refractivity contribution >= 4 is 5.97 Å². The number of hydrogen-bond acceptors (Lipinski definition) is 9. The minimum Gasteiger partial charge on any atom is -0.454 e. The van der Waals surface area contributed by atoms with Gasteiger partial charge in [-0.2, -0.15) is 0 Å². The molecule has 0 amide bonds. The van der Waals surface area contributed by atoms with Gasteiger partial charge in [-0.1, -0.05) is 44.9 Å². The predicted molar refractivity (Wildman–Crippen MR) is 130 cm³/mol. The van der Waals surface area contributed by atoms with Crippen LogP contribution in [0, 0.1) is 28.6 Å². The largest absolute Gasteiger partial charge is 0.454 e. The summed E-state index contributed by atoms with van der Waals surface area (Å²) in [7, 11) is 1.45. The van der Waals surface area contributed by atoms with Gasteiger partial charge in [-0.3, -0.25) is 4.79 Å². The number of ether oxygens (including phenoxy) is 5. The minimum atomic E-state index is -2.33. The lowest BCUT2D eigenvalue weighted by Gasteiger charge is -2.57. The first-order chi connectivity index (χ1) is 17.3. The first-order valence-corrected chi connectivity index (χ1v) is 13.5. The van der Waals surface area contributed by atoms with Crippen molar-refractivity contribution in [1.82, 2.24) is 0 Å². The maximum Gasteiger partial charge on any atom is 0.303 e. The SMILES string of the molecule is COC1OC2(O)C(OC(C)=O)COC3OC4C(C1=CC(O)C1C5=C(C(C)C)CCC5(C)CCC41C)C32O. The topological polar surface area (TPSA) is 124 Å². The Morgan fingerprint density at radius 2 is 1.89 bits per heavy atom. The molecular weight excluding hydrogens is 480 g/mol. The number of aliphatic hydroxyl groups is 3. The molecule has 0 aromatic heterocycles. The molecule has 37 heavy (non-hydrogen) atoms. The lowest BCUT2D eigenvalue weighted by atomic mass is 9.52. The molecule has 0 radical (unpaired) electrons. The van der Waals surface area contributed by atoms with Crippen molar-refractivity contribution in [2.24, 2.45) is 28.6 Å². The third kappa shape index (κ3) is 3.13. The number of allylic oxidation sites excluding steroid dienone is 1. The van der Waals surface area contributed by atoms with Gasteiger partial charge >= 0.3 is 5.97 Å². The average Bonchev–Trinajstić information content (AvgIpc) is 3.30. The number of rotatable bonds is 3. The second-order valence-electron chi connectivity index (χ2n) is 12.8. The summed E-state index contributed by atoms with van der Waals surface area (Å²) in [6, 6.07) is 0. The maximum atomic E-state index is 12.3. The molecule has 3 aliphatic heterocycles. The van der Waals surface area contributed by atoms with Crippen LogP contribution in [0.15, 0.2) is 22.8 Å². The molecule has 1 saturated carbocycles. The Morgan fingerprint density at radius 1 is 1.16 bits per heavy atom. The summed E-state index contributed by atoms with van der Waals surface area (Å²) in [5, 5.41) is 36.2. The number of aliphatic hydroxyl groups excluding tert-OH is 1. The van der Waals surface area contributed by atoms with Gasteiger partial charge in [0.25, 0.3) is 0 Å². The Hall–Kier alpha value is -1.33. The summed E-state index contributed by atoms with van der Waals surface area (Å²) >= 11 is 0. The summed E-state index contributed by atoms with van der Waals surface area (Å²) in [6.07, 6.45) is 0.489. The van der Waals surface area contributed by atoms with E-state index < -0.39 is 59.6 Å². The lowest BCUT2D eigenvalue weighted by Crippen LogP contribution is -2.77. The van der Waals surface area contributed by atoms with Crippen LogP contribution in [0.2, 0.25) is 0 Å². The van der Waals surface area contributed by atoms with Crippen molar-refractivity contribution in [1.29, 1.82) is 0 Å². The van der Waals surface area contributed by atoms with Gasteiger partial charge in [-0.25, -0.2) is 0 Å². The van der Waals surface area contributed by atoms with Gasteiger partial charge in [0.05, 0.1) is 24.7 Å². The molecule has 3 N–H and O–H groups in total. The van der Waals surface area contributed by atoms with Crippen molar-refractivity contribution in [3.8, 4) is 0 Å². The Morgan fingerprint density at radius 3 is 2.54 bits per heavy atom. The molecule has 4 fully saturated rings. The summed E-state index contributed by atoms with van der Waals surface area (Å²) in [6.45, 7) is 9.88. The van der Waals surface area contributed by atoms with Crippen molar-refractivity contribution in [2.75, 3.05) is 13.7 Å². The standard InChI is InChI=1S/C28H40O9/c1-13(2)15-7-8-25(4)9-10-26(5)21(19(15)25)17(30)11-16-20-22(26)36-24-27(20,31)28(32,37-23(16)33-6)18(12-34-24)35-14(3)29/h11,13,17-18,20-24,30-32H,7-10,12H2,1-6H3. The Labute approximate surface area is 217 Å². The van der Waals surface area contributed by atoms with Gasteiger partial charge in [0.1, 0.15) is 0 Å². The fourth-order valence-corrected chi connectivity index (χ4v) is 8.70. The number of carbonyl (C=O) groups is 1. The summed E-state index contributed by atoms with van der Waals surface area (Å²) < 4.78 is 29.6. The van der Waals surface area contributed by atoms with E-state index >= 15 is 0 Å². The molecule has 0 aromatic rings.